The summed E-state index contributed by atoms with van der Waals surface area (Å²) in [5.41, 5.74) is 3.20. The highest BCUT2D eigenvalue weighted by atomic mass is 32.1. The lowest BCUT2D eigenvalue weighted by atomic mass is 10.3. The van der Waals surface area contributed by atoms with E-state index in [1.54, 1.807) is 18.6 Å². The van der Waals surface area contributed by atoms with Crippen LogP contribution in [0.1, 0.15) is 0 Å². The Morgan fingerprint density at radius 1 is 1.24 bits per heavy atom. The number of aromatic nitrogens is 4. The largest absolute Gasteiger partial charge is 0.308 e. The second-order valence-electron chi connectivity index (χ2n) is 3.27. The van der Waals surface area contributed by atoms with Gasteiger partial charge in [0.15, 0.2) is 11.6 Å². The smallest absolute Gasteiger partial charge is 0.183 e. The molecule has 0 radical (unpaired) electrons. The van der Waals surface area contributed by atoms with E-state index in [1.807, 2.05) is 11.4 Å². The normalized spacial score (nSPS) is 10.6. The van der Waals surface area contributed by atoms with Gasteiger partial charge < -0.3 is 5.43 Å². The van der Waals surface area contributed by atoms with Gasteiger partial charge in [-0.15, -0.1) is 11.3 Å². The van der Waals surface area contributed by atoms with Gasteiger partial charge >= 0.3 is 0 Å². The minimum Gasteiger partial charge on any atom is -0.308 e. The van der Waals surface area contributed by atoms with Gasteiger partial charge in [-0.1, -0.05) is 0 Å². The Balaban J connectivity index is 2.24. The fourth-order valence-corrected chi connectivity index (χ4v) is 2.26. The molecule has 17 heavy (non-hydrogen) atoms. The first-order chi connectivity index (χ1) is 8.38. The molecule has 6 nitrogen and oxygen atoms in total. The molecule has 7 heteroatoms. The van der Waals surface area contributed by atoms with Crippen molar-refractivity contribution in [1.82, 2.24) is 19.9 Å². The summed E-state index contributed by atoms with van der Waals surface area (Å²) < 4.78 is 0. The van der Waals surface area contributed by atoms with Crippen LogP contribution in [0.15, 0.2) is 30.0 Å². The highest BCUT2D eigenvalue weighted by Gasteiger charge is 2.10. The molecule has 84 valence electrons. The van der Waals surface area contributed by atoms with Crippen molar-refractivity contribution in [3.05, 3.63) is 30.0 Å². The van der Waals surface area contributed by atoms with Gasteiger partial charge in [-0.3, -0.25) is 4.98 Å². The predicted molar refractivity (Wildman–Crippen MR) is 66.3 cm³/mol. The SMILES string of the molecule is NNc1nc(-c2cnccn2)nc2sccc12. The molecule has 0 saturated heterocycles. The van der Waals surface area contributed by atoms with Crippen LogP contribution in [0, 0.1) is 0 Å². The molecular formula is C10H8N6S. The molecule has 3 aromatic rings. The molecule has 0 unspecified atom stereocenters. The summed E-state index contributed by atoms with van der Waals surface area (Å²) in [6.07, 6.45) is 4.83. The number of nitrogens with two attached hydrogens (primary N) is 1. The summed E-state index contributed by atoms with van der Waals surface area (Å²) in [4.78, 5) is 17.8. The number of fused-ring (bicyclic) bond motifs is 1. The van der Waals surface area contributed by atoms with E-state index in [-0.39, 0.29) is 0 Å². The first kappa shape index (κ1) is 10.1. The van der Waals surface area contributed by atoms with E-state index in [0.717, 1.165) is 10.2 Å². The van der Waals surface area contributed by atoms with Gasteiger partial charge in [0.25, 0.3) is 0 Å². The molecule has 0 bridgehead atoms. The Morgan fingerprint density at radius 3 is 2.94 bits per heavy atom. The molecule has 0 aromatic carbocycles. The molecule has 3 rings (SSSR count). The van der Waals surface area contributed by atoms with E-state index in [0.29, 0.717) is 17.3 Å². The highest BCUT2D eigenvalue weighted by molar-refractivity contribution is 7.16. The Labute approximate surface area is 101 Å². The average Bonchev–Trinajstić information content (AvgIpc) is 2.86. The third-order valence-corrected chi connectivity index (χ3v) is 3.06. The van der Waals surface area contributed by atoms with Crippen molar-refractivity contribution in [3.8, 4) is 11.5 Å². The van der Waals surface area contributed by atoms with Crippen molar-refractivity contribution in [2.75, 3.05) is 5.43 Å². The van der Waals surface area contributed by atoms with Crippen molar-refractivity contribution in [1.29, 1.82) is 0 Å². The summed E-state index contributed by atoms with van der Waals surface area (Å²) in [6.45, 7) is 0. The molecule has 0 amide bonds. The molecule has 3 aromatic heterocycles. The lowest BCUT2D eigenvalue weighted by molar-refractivity contribution is 1.13. The number of anilines is 1. The van der Waals surface area contributed by atoms with Gasteiger partial charge in [0, 0.05) is 12.4 Å². The minimum atomic E-state index is 0.515. The third kappa shape index (κ3) is 1.71. The number of rotatable bonds is 2. The maximum absolute atomic E-state index is 5.45. The minimum absolute atomic E-state index is 0.515. The van der Waals surface area contributed by atoms with Crippen molar-refractivity contribution in [3.63, 3.8) is 0 Å². The van der Waals surface area contributed by atoms with Gasteiger partial charge in [0.05, 0.1) is 11.6 Å². The number of nitrogens with zero attached hydrogens (tertiary/aromatic N) is 4. The fraction of sp³-hybridized carbons (Fsp3) is 0. The van der Waals surface area contributed by atoms with Crippen molar-refractivity contribution >= 4 is 27.4 Å². The molecule has 0 spiro atoms. The monoisotopic (exact) mass is 244 g/mol. The van der Waals surface area contributed by atoms with Crippen molar-refractivity contribution < 1.29 is 0 Å². The molecule has 0 aliphatic carbocycles. The second kappa shape index (κ2) is 4.04. The summed E-state index contributed by atoms with van der Waals surface area (Å²) in [5, 5.41) is 2.85. The van der Waals surface area contributed by atoms with Crippen LogP contribution in [-0.2, 0) is 0 Å². The number of nitrogens with one attached hydrogen (secondary N) is 1. The third-order valence-electron chi connectivity index (χ3n) is 2.25. The summed E-state index contributed by atoms with van der Waals surface area (Å²) in [7, 11) is 0. The fourth-order valence-electron chi connectivity index (χ4n) is 1.49. The number of hydrogen-bond donors (Lipinski definition) is 2. The Morgan fingerprint density at radius 2 is 2.18 bits per heavy atom. The molecule has 3 heterocycles. The lowest BCUT2D eigenvalue weighted by Gasteiger charge is -2.03. The highest BCUT2D eigenvalue weighted by Crippen LogP contribution is 2.26. The van der Waals surface area contributed by atoms with E-state index in [4.69, 9.17) is 5.84 Å². The van der Waals surface area contributed by atoms with Crippen molar-refractivity contribution in [2.24, 2.45) is 5.84 Å². The Hall–Kier alpha value is -2.12. The number of thiophene rings is 1. The maximum atomic E-state index is 5.45. The van der Waals surface area contributed by atoms with Crippen LogP contribution in [-0.4, -0.2) is 19.9 Å². The molecule has 0 atom stereocenters. The predicted octanol–water partition coefficient (Wildman–Crippen LogP) is 1.43. The first-order valence-corrected chi connectivity index (χ1v) is 5.74. The summed E-state index contributed by atoms with van der Waals surface area (Å²) >= 11 is 1.53. The number of hydrogen-bond acceptors (Lipinski definition) is 7. The van der Waals surface area contributed by atoms with Gasteiger partial charge in [-0.25, -0.2) is 20.8 Å². The molecular weight excluding hydrogens is 236 g/mol. The number of nitrogen functional groups attached to an aromatic ring is 1. The van der Waals surface area contributed by atoms with Gasteiger partial charge in [-0.2, -0.15) is 0 Å². The molecule has 0 aliphatic rings. The first-order valence-electron chi connectivity index (χ1n) is 4.87. The van der Waals surface area contributed by atoms with Crippen LogP contribution >= 0.6 is 11.3 Å². The summed E-state index contributed by atoms with van der Waals surface area (Å²) in [6, 6.07) is 1.93. The maximum Gasteiger partial charge on any atom is 0.183 e. The van der Waals surface area contributed by atoms with Gasteiger partial charge in [0.2, 0.25) is 0 Å². The molecule has 0 aliphatic heterocycles. The van der Waals surface area contributed by atoms with Crippen LogP contribution in [0.25, 0.3) is 21.7 Å². The summed E-state index contributed by atoms with van der Waals surface area (Å²) in [5.74, 6) is 6.56. The van der Waals surface area contributed by atoms with Crippen LogP contribution in [0.2, 0.25) is 0 Å². The Bertz CT molecular complexity index is 650. The van der Waals surface area contributed by atoms with Crippen molar-refractivity contribution in [2.45, 2.75) is 0 Å². The van der Waals surface area contributed by atoms with Crippen LogP contribution in [0.5, 0.6) is 0 Å². The van der Waals surface area contributed by atoms with E-state index < -0.39 is 0 Å². The van der Waals surface area contributed by atoms with Crippen LogP contribution in [0.3, 0.4) is 0 Å². The Kier molecular flexibility index (Phi) is 2.39. The standard InChI is InChI=1S/C10H8N6S/c11-16-8-6-1-4-17-10(6)15-9(14-8)7-5-12-2-3-13-7/h1-5H,11H2,(H,14,15,16). The molecule has 3 N–H and O–H groups in total. The number of hydrazine groups is 1. The second-order valence-corrected chi connectivity index (χ2v) is 4.16. The van der Waals surface area contributed by atoms with E-state index >= 15 is 0 Å². The van der Waals surface area contributed by atoms with Gasteiger partial charge in [0.1, 0.15) is 10.5 Å². The molecule has 0 fully saturated rings. The van der Waals surface area contributed by atoms with Gasteiger partial charge in [-0.05, 0) is 11.4 Å². The van der Waals surface area contributed by atoms with E-state index in [9.17, 15) is 0 Å². The van der Waals surface area contributed by atoms with Crippen LogP contribution < -0.4 is 11.3 Å². The lowest BCUT2D eigenvalue weighted by Crippen LogP contribution is -2.10. The van der Waals surface area contributed by atoms with E-state index in [1.165, 1.54) is 11.3 Å². The molecule has 0 saturated carbocycles. The average molecular weight is 244 g/mol. The quantitative estimate of drug-likeness (QED) is 0.523. The zero-order valence-corrected chi connectivity index (χ0v) is 9.48. The zero-order valence-electron chi connectivity index (χ0n) is 8.66. The topological polar surface area (TPSA) is 89.6 Å². The van der Waals surface area contributed by atoms with E-state index in [2.05, 4.69) is 25.4 Å². The zero-order chi connectivity index (χ0) is 11.7. The van der Waals surface area contributed by atoms with Crippen LogP contribution in [0.4, 0.5) is 5.82 Å².